The number of rotatable bonds is 1. The molecule has 2 amide bonds. The molecule has 1 aromatic heterocycles. The Morgan fingerprint density at radius 1 is 0.897 bits per heavy atom. The van der Waals surface area contributed by atoms with Gasteiger partial charge in [0.25, 0.3) is 11.8 Å². The lowest BCUT2D eigenvalue weighted by Crippen LogP contribution is -2.31. The first-order valence-corrected chi connectivity index (χ1v) is 12.6. The lowest BCUT2D eigenvalue weighted by Gasteiger charge is -2.24. The molecular weight excluding hydrogens is 516 g/mol. The number of aromatic nitrogens is 1. The summed E-state index contributed by atoms with van der Waals surface area (Å²) in [6.07, 6.45) is 0. The highest BCUT2D eigenvalue weighted by molar-refractivity contribution is 6.31. The van der Waals surface area contributed by atoms with Gasteiger partial charge in [-0.25, -0.2) is 0 Å². The molecule has 39 heavy (non-hydrogen) atoms. The van der Waals surface area contributed by atoms with Crippen LogP contribution >= 0.6 is 11.6 Å². The van der Waals surface area contributed by atoms with Gasteiger partial charge in [-0.3, -0.25) is 14.5 Å². The molecule has 1 aliphatic rings. The summed E-state index contributed by atoms with van der Waals surface area (Å²) in [5, 5.41) is 20.1. The fraction of sp³-hybridized carbons (Fsp3) is 0.167. The van der Waals surface area contributed by atoms with E-state index in [2.05, 4.69) is 6.07 Å². The second-order valence-electron chi connectivity index (χ2n) is 9.34. The minimum atomic E-state index is -0.358. The molecule has 0 saturated heterocycles. The smallest absolute Gasteiger partial charge is 0.264 e. The quantitative estimate of drug-likeness (QED) is 0.335. The monoisotopic (exact) mass is 540 g/mol. The highest BCUT2D eigenvalue weighted by Gasteiger charge is 2.28. The number of ether oxygens (including phenoxy) is 1. The van der Waals surface area contributed by atoms with Gasteiger partial charge in [0.2, 0.25) is 0 Å². The molecule has 0 aliphatic carbocycles. The van der Waals surface area contributed by atoms with Crippen LogP contribution in [0.1, 0.15) is 32.0 Å². The number of nitriles is 1. The van der Waals surface area contributed by atoms with Crippen molar-refractivity contribution in [3.63, 3.8) is 0 Å². The van der Waals surface area contributed by atoms with Crippen molar-refractivity contribution >= 4 is 34.8 Å². The highest BCUT2D eigenvalue weighted by atomic mass is 35.5. The maximum absolute atomic E-state index is 14.3. The number of halogens is 1. The number of phenolic OH excluding ortho intramolecular Hbond substituents is 1. The van der Waals surface area contributed by atoms with E-state index in [1.54, 1.807) is 66.5 Å². The minimum absolute atomic E-state index is 0.0554. The number of phenols is 1. The fourth-order valence-corrected chi connectivity index (χ4v) is 4.83. The first-order chi connectivity index (χ1) is 18.7. The minimum Gasteiger partial charge on any atom is -0.508 e. The van der Waals surface area contributed by atoms with E-state index in [4.69, 9.17) is 16.3 Å². The summed E-state index contributed by atoms with van der Waals surface area (Å²) in [6, 6.07) is 20.1. The zero-order valence-corrected chi connectivity index (χ0v) is 22.4. The number of aromatic hydroxyl groups is 1. The van der Waals surface area contributed by atoms with Gasteiger partial charge in [-0.1, -0.05) is 11.6 Å². The van der Waals surface area contributed by atoms with E-state index in [0.717, 1.165) is 0 Å². The Bertz CT molecular complexity index is 1650. The number of fused-ring (bicyclic) bond motifs is 6. The van der Waals surface area contributed by atoms with E-state index < -0.39 is 0 Å². The summed E-state index contributed by atoms with van der Waals surface area (Å²) in [7, 11) is 3.52. The van der Waals surface area contributed by atoms with Crippen LogP contribution in [-0.2, 0) is 7.05 Å². The predicted molar refractivity (Wildman–Crippen MR) is 149 cm³/mol. The Labute approximate surface area is 230 Å². The molecule has 9 heteroatoms. The standard InChI is InChI=1S/C30H25ClN4O4/c1-18-26-16-28(34(18)3)27-14-20(31)4-9-25(27)29(37)33(2)10-11-39-24-13-19(17-32)12-22(15-24)35(30(26)38)21-5-7-23(36)8-6-21/h4-9,12-16,36H,10-11H2,1-3H3. The van der Waals surface area contributed by atoms with E-state index in [0.29, 0.717) is 55.8 Å². The van der Waals surface area contributed by atoms with Crippen molar-refractivity contribution in [1.29, 1.82) is 5.26 Å². The van der Waals surface area contributed by atoms with E-state index >= 15 is 0 Å². The summed E-state index contributed by atoms with van der Waals surface area (Å²) in [5.74, 6) is -0.138. The van der Waals surface area contributed by atoms with Gasteiger partial charge >= 0.3 is 0 Å². The second-order valence-corrected chi connectivity index (χ2v) is 9.77. The molecule has 2 heterocycles. The highest BCUT2D eigenvalue weighted by Crippen LogP contribution is 2.36. The van der Waals surface area contributed by atoms with Crippen LogP contribution in [0.5, 0.6) is 11.5 Å². The van der Waals surface area contributed by atoms with Crippen molar-refractivity contribution < 1.29 is 19.4 Å². The van der Waals surface area contributed by atoms with Crippen LogP contribution < -0.4 is 9.64 Å². The number of hydrogen-bond acceptors (Lipinski definition) is 5. The first-order valence-electron chi connectivity index (χ1n) is 12.2. The van der Waals surface area contributed by atoms with Gasteiger partial charge in [-0.15, -0.1) is 0 Å². The predicted octanol–water partition coefficient (Wildman–Crippen LogP) is 5.67. The Hall–Kier alpha value is -4.74. The van der Waals surface area contributed by atoms with Crippen molar-refractivity contribution in [2.45, 2.75) is 6.92 Å². The molecule has 0 atom stereocenters. The van der Waals surface area contributed by atoms with Crippen molar-refractivity contribution in [1.82, 2.24) is 9.47 Å². The third kappa shape index (κ3) is 4.80. The normalized spacial score (nSPS) is 13.7. The van der Waals surface area contributed by atoms with Crippen LogP contribution in [0.4, 0.5) is 11.4 Å². The number of carbonyl (C=O) groups excluding carboxylic acids is 2. The maximum atomic E-state index is 14.3. The molecule has 1 aliphatic heterocycles. The van der Waals surface area contributed by atoms with E-state index in [9.17, 15) is 20.0 Å². The van der Waals surface area contributed by atoms with Gasteiger partial charge in [0.15, 0.2) is 0 Å². The van der Waals surface area contributed by atoms with Crippen LogP contribution in [0, 0.1) is 18.3 Å². The fourth-order valence-electron chi connectivity index (χ4n) is 4.66. The Morgan fingerprint density at radius 2 is 1.64 bits per heavy atom. The number of benzene rings is 3. The number of anilines is 2. The van der Waals surface area contributed by atoms with Crippen LogP contribution in [0.3, 0.4) is 0 Å². The third-order valence-electron chi connectivity index (χ3n) is 6.89. The van der Waals surface area contributed by atoms with Crippen molar-refractivity contribution in [3.05, 3.63) is 94.1 Å². The van der Waals surface area contributed by atoms with E-state index in [1.807, 2.05) is 18.5 Å². The molecule has 0 spiro atoms. The number of likely N-dealkylation sites (N-methyl/N-ethyl adjacent to an activating group) is 1. The average Bonchev–Trinajstić information content (AvgIpc) is 3.22. The van der Waals surface area contributed by atoms with Crippen molar-refractivity contribution in [3.8, 4) is 28.8 Å². The molecule has 0 unspecified atom stereocenters. The molecule has 8 nitrogen and oxygen atoms in total. The topological polar surface area (TPSA) is 98.8 Å². The third-order valence-corrected chi connectivity index (χ3v) is 7.12. The molecule has 196 valence electrons. The molecule has 3 aromatic carbocycles. The largest absolute Gasteiger partial charge is 0.508 e. The molecule has 1 N–H and O–H groups in total. The Kier molecular flexibility index (Phi) is 6.77. The lowest BCUT2D eigenvalue weighted by atomic mass is 10.0. The van der Waals surface area contributed by atoms with Gasteiger partial charge in [-0.2, -0.15) is 5.26 Å². The average molecular weight is 541 g/mol. The number of carbonyl (C=O) groups is 2. The Morgan fingerprint density at radius 3 is 2.36 bits per heavy atom. The molecule has 4 aromatic rings. The van der Waals surface area contributed by atoms with Crippen molar-refractivity contribution in [2.75, 3.05) is 25.1 Å². The number of nitrogens with zero attached hydrogens (tertiary/aromatic N) is 4. The Balaban J connectivity index is 1.78. The molecule has 0 radical (unpaired) electrons. The van der Waals surface area contributed by atoms with Gasteiger partial charge in [-0.05, 0) is 67.6 Å². The summed E-state index contributed by atoms with van der Waals surface area (Å²) in [4.78, 5) is 30.8. The van der Waals surface area contributed by atoms with E-state index in [1.165, 1.54) is 17.0 Å². The van der Waals surface area contributed by atoms with Crippen LogP contribution in [-0.4, -0.2) is 46.6 Å². The molecule has 5 rings (SSSR count). The molecular formula is C30H25ClN4O4. The zero-order chi connectivity index (χ0) is 27.8. The lowest BCUT2D eigenvalue weighted by molar-refractivity contribution is 0.0774. The summed E-state index contributed by atoms with van der Waals surface area (Å²) in [5.41, 5.74) is 3.98. The summed E-state index contributed by atoms with van der Waals surface area (Å²) >= 11 is 6.36. The van der Waals surface area contributed by atoms with Crippen molar-refractivity contribution in [2.24, 2.45) is 7.05 Å². The van der Waals surface area contributed by atoms with Crippen LogP contribution in [0.25, 0.3) is 11.3 Å². The second kappa shape index (κ2) is 10.2. The van der Waals surface area contributed by atoms with E-state index in [-0.39, 0.29) is 30.7 Å². The molecule has 4 bridgehead atoms. The molecule has 0 saturated carbocycles. The van der Waals surface area contributed by atoms with Gasteiger partial charge in [0, 0.05) is 53.4 Å². The van der Waals surface area contributed by atoms with Crippen LogP contribution in [0.15, 0.2) is 66.7 Å². The van der Waals surface area contributed by atoms with Crippen LogP contribution in [0.2, 0.25) is 5.02 Å². The van der Waals surface area contributed by atoms with Gasteiger partial charge < -0.3 is 19.3 Å². The number of hydrogen-bond donors (Lipinski definition) is 1. The van der Waals surface area contributed by atoms with Gasteiger partial charge in [0.1, 0.15) is 18.1 Å². The first kappa shape index (κ1) is 25.9. The number of amides is 2. The SMILES string of the molecule is Cc1c2cc(n1C)-c1cc(Cl)ccc1C(=O)N(C)CCOc1cc(C#N)cc(c1)N(c1ccc(O)cc1)C2=O. The summed E-state index contributed by atoms with van der Waals surface area (Å²) < 4.78 is 7.81. The maximum Gasteiger partial charge on any atom is 0.264 e. The van der Waals surface area contributed by atoms with Gasteiger partial charge in [0.05, 0.1) is 29.4 Å². The zero-order valence-electron chi connectivity index (χ0n) is 21.6. The summed E-state index contributed by atoms with van der Waals surface area (Å²) in [6.45, 7) is 2.28. The molecule has 0 fully saturated rings.